The highest BCUT2D eigenvalue weighted by Gasteiger charge is 2.28. The van der Waals surface area contributed by atoms with Crippen LogP contribution >= 0.6 is 0 Å². The second-order valence-corrected chi connectivity index (χ2v) is 6.63. The lowest BCUT2D eigenvalue weighted by Gasteiger charge is -2.20. The topological polar surface area (TPSA) is 59.4 Å². The predicted molar refractivity (Wildman–Crippen MR) is 88.5 cm³/mol. The molecule has 128 valence electrons. The van der Waals surface area contributed by atoms with Crippen molar-refractivity contribution in [3.8, 4) is 0 Å². The molecule has 1 fully saturated rings. The number of likely N-dealkylation sites (tertiary alicyclic amines) is 1. The van der Waals surface area contributed by atoms with E-state index in [1.165, 1.54) is 24.2 Å². The second kappa shape index (κ2) is 7.93. The van der Waals surface area contributed by atoms with Crippen molar-refractivity contribution in [2.24, 2.45) is 0 Å². The van der Waals surface area contributed by atoms with Crippen molar-refractivity contribution in [2.75, 3.05) is 39.9 Å². The number of fused-ring (bicyclic) bond motifs is 1. The molecule has 23 heavy (non-hydrogen) atoms. The standard InChI is InChI=1S/C17H28N4O2/c1-23-10-4-8-18-17(22)12-20-9-7-14(11-20)21-13-19-15-5-2-3-6-16(15)21/h13-14H,2-12H2,1H3,(H,18,22)/t14-/m0/s1. The van der Waals surface area contributed by atoms with Gasteiger partial charge < -0.3 is 14.6 Å². The molecule has 2 heterocycles. The van der Waals surface area contributed by atoms with Gasteiger partial charge in [-0.2, -0.15) is 0 Å². The van der Waals surface area contributed by atoms with Gasteiger partial charge in [-0.1, -0.05) is 0 Å². The van der Waals surface area contributed by atoms with Crippen molar-refractivity contribution in [1.29, 1.82) is 0 Å². The van der Waals surface area contributed by atoms with Crippen LogP contribution in [-0.4, -0.2) is 60.3 Å². The number of methoxy groups -OCH3 is 1. The van der Waals surface area contributed by atoms with Crippen LogP contribution in [0.3, 0.4) is 0 Å². The van der Waals surface area contributed by atoms with E-state index in [0.717, 1.165) is 38.8 Å². The molecule has 0 saturated carbocycles. The summed E-state index contributed by atoms with van der Waals surface area (Å²) in [4.78, 5) is 18.8. The summed E-state index contributed by atoms with van der Waals surface area (Å²) < 4.78 is 7.37. The zero-order valence-corrected chi connectivity index (χ0v) is 14.1. The summed E-state index contributed by atoms with van der Waals surface area (Å²) in [6.45, 7) is 3.83. The van der Waals surface area contributed by atoms with E-state index in [1.54, 1.807) is 7.11 Å². The van der Waals surface area contributed by atoms with Crippen LogP contribution in [0.4, 0.5) is 0 Å². The number of amides is 1. The number of hydrogen-bond acceptors (Lipinski definition) is 4. The Labute approximate surface area is 138 Å². The normalized spacial score (nSPS) is 21.3. The first-order chi connectivity index (χ1) is 11.3. The highest BCUT2D eigenvalue weighted by Crippen LogP contribution is 2.27. The fraction of sp³-hybridized carbons (Fsp3) is 0.765. The van der Waals surface area contributed by atoms with Gasteiger partial charge >= 0.3 is 0 Å². The van der Waals surface area contributed by atoms with Crippen LogP contribution in [0.1, 0.15) is 43.1 Å². The van der Waals surface area contributed by atoms with Crippen molar-refractivity contribution in [3.05, 3.63) is 17.7 Å². The average Bonchev–Trinajstić information content (AvgIpc) is 3.18. The minimum atomic E-state index is 0.120. The summed E-state index contributed by atoms with van der Waals surface area (Å²) in [5, 5.41) is 2.96. The first-order valence-electron chi connectivity index (χ1n) is 8.80. The molecule has 0 bridgehead atoms. The predicted octanol–water partition coefficient (Wildman–Crippen LogP) is 1.16. The van der Waals surface area contributed by atoms with Crippen LogP contribution in [0.5, 0.6) is 0 Å². The van der Waals surface area contributed by atoms with Gasteiger partial charge in [-0.05, 0) is 38.5 Å². The fourth-order valence-electron chi connectivity index (χ4n) is 3.69. The Morgan fingerprint density at radius 1 is 1.43 bits per heavy atom. The zero-order valence-electron chi connectivity index (χ0n) is 14.1. The molecule has 1 N–H and O–H groups in total. The highest BCUT2D eigenvalue weighted by atomic mass is 16.5. The van der Waals surface area contributed by atoms with Gasteiger partial charge in [-0.25, -0.2) is 4.98 Å². The van der Waals surface area contributed by atoms with Gasteiger partial charge in [0.1, 0.15) is 0 Å². The molecule has 1 aromatic rings. The number of carbonyl (C=O) groups excluding carboxylic acids is 1. The molecule has 0 radical (unpaired) electrons. The lowest BCUT2D eigenvalue weighted by atomic mass is 10.0. The van der Waals surface area contributed by atoms with Crippen LogP contribution in [0.2, 0.25) is 0 Å². The van der Waals surface area contributed by atoms with Gasteiger partial charge in [-0.3, -0.25) is 9.69 Å². The van der Waals surface area contributed by atoms with Gasteiger partial charge in [0.05, 0.1) is 18.6 Å². The van der Waals surface area contributed by atoms with E-state index in [-0.39, 0.29) is 5.91 Å². The van der Waals surface area contributed by atoms with Crippen molar-refractivity contribution >= 4 is 5.91 Å². The molecule has 1 aromatic heterocycles. The van der Waals surface area contributed by atoms with Crippen LogP contribution < -0.4 is 5.32 Å². The van der Waals surface area contributed by atoms with E-state index in [2.05, 4.69) is 19.8 Å². The number of nitrogens with one attached hydrogen (secondary N) is 1. The lowest BCUT2D eigenvalue weighted by Crippen LogP contribution is -2.36. The molecule has 0 spiro atoms. The molecule has 6 nitrogen and oxygen atoms in total. The molecule has 1 aliphatic heterocycles. The van der Waals surface area contributed by atoms with E-state index < -0.39 is 0 Å². The third-order valence-corrected chi connectivity index (χ3v) is 4.92. The minimum absolute atomic E-state index is 0.120. The van der Waals surface area contributed by atoms with Crippen molar-refractivity contribution in [2.45, 2.75) is 44.6 Å². The molecule has 6 heteroatoms. The Hall–Kier alpha value is -1.40. The van der Waals surface area contributed by atoms with Crippen LogP contribution in [0, 0.1) is 0 Å². The second-order valence-electron chi connectivity index (χ2n) is 6.63. The van der Waals surface area contributed by atoms with Crippen LogP contribution in [-0.2, 0) is 22.4 Å². The Morgan fingerprint density at radius 2 is 2.30 bits per heavy atom. The largest absolute Gasteiger partial charge is 0.385 e. The number of imidazole rings is 1. The van der Waals surface area contributed by atoms with Gasteiger partial charge in [0.15, 0.2) is 0 Å². The number of hydrogen-bond donors (Lipinski definition) is 1. The van der Waals surface area contributed by atoms with Gasteiger partial charge in [-0.15, -0.1) is 0 Å². The van der Waals surface area contributed by atoms with Crippen molar-refractivity contribution in [1.82, 2.24) is 19.8 Å². The van der Waals surface area contributed by atoms with Crippen LogP contribution in [0.25, 0.3) is 0 Å². The third kappa shape index (κ3) is 4.12. The summed E-state index contributed by atoms with van der Waals surface area (Å²) in [5.41, 5.74) is 2.73. The average molecular weight is 320 g/mol. The molecule has 1 saturated heterocycles. The third-order valence-electron chi connectivity index (χ3n) is 4.92. The molecular formula is C17H28N4O2. The molecule has 1 amide bonds. The first kappa shape index (κ1) is 16.5. The maximum absolute atomic E-state index is 12.0. The Kier molecular flexibility index (Phi) is 5.67. The molecule has 0 aromatic carbocycles. The summed E-state index contributed by atoms with van der Waals surface area (Å²) in [7, 11) is 1.68. The molecule has 0 unspecified atom stereocenters. The summed E-state index contributed by atoms with van der Waals surface area (Å²) in [5.74, 6) is 0.120. The Bertz CT molecular complexity index is 529. The van der Waals surface area contributed by atoms with Gasteiger partial charge in [0, 0.05) is 45.1 Å². The fourth-order valence-corrected chi connectivity index (χ4v) is 3.69. The highest BCUT2D eigenvalue weighted by molar-refractivity contribution is 5.78. The number of carbonyl (C=O) groups is 1. The summed E-state index contributed by atoms with van der Waals surface area (Å²) in [6, 6.07) is 0.477. The van der Waals surface area contributed by atoms with Crippen molar-refractivity contribution in [3.63, 3.8) is 0 Å². The van der Waals surface area contributed by atoms with Crippen LogP contribution in [0.15, 0.2) is 6.33 Å². The summed E-state index contributed by atoms with van der Waals surface area (Å²) >= 11 is 0. The Morgan fingerprint density at radius 3 is 3.17 bits per heavy atom. The van der Waals surface area contributed by atoms with E-state index in [9.17, 15) is 4.79 Å². The molecule has 1 atom stereocenters. The quantitative estimate of drug-likeness (QED) is 0.766. The summed E-state index contributed by atoms with van der Waals surface area (Å²) in [6.07, 6.45) is 8.83. The lowest BCUT2D eigenvalue weighted by molar-refractivity contribution is -0.122. The number of nitrogens with zero attached hydrogens (tertiary/aromatic N) is 3. The minimum Gasteiger partial charge on any atom is -0.385 e. The van der Waals surface area contributed by atoms with Crippen molar-refractivity contribution < 1.29 is 9.53 Å². The van der Waals surface area contributed by atoms with Gasteiger partial charge in [0.2, 0.25) is 5.91 Å². The zero-order chi connectivity index (χ0) is 16.1. The molecule has 3 rings (SSSR count). The van der Waals surface area contributed by atoms with E-state index in [0.29, 0.717) is 25.7 Å². The maximum Gasteiger partial charge on any atom is 0.234 e. The Balaban J connectivity index is 1.47. The molecule has 1 aliphatic carbocycles. The number of rotatable bonds is 7. The van der Waals surface area contributed by atoms with E-state index >= 15 is 0 Å². The molecule has 2 aliphatic rings. The molecular weight excluding hydrogens is 292 g/mol. The number of aromatic nitrogens is 2. The number of ether oxygens (including phenoxy) is 1. The van der Waals surface area contributed by atoms with Gasteiger partial charge in [0.25, 0.3) is 0 Å². The maximum atomic E-state index is 12.0. The smallest absolute Gasteiger partial charge is 0.234 e. The number of aryl methyl sites for hydroxylation is 1. The van der Waals surface area contributed by atoms with E-state index in [1.807, 2.05) is 6.33 Å². The van der Waals surface area contributed by atoms with E-state index in [4.69, 9.17) is 4.74 Å². The monoisotopic (exact) mass is 320 g/mol. The SMILES string of the molecule is COCCCNC(=O)CN1CC[C@H](n2cnc3c2CCCC3)C1. The first-order valence-corrected chi connectivity index (χ1v) is 8.80.